The molecule has 6 nitrogen and oxygen atoms in total. The molecule has 0 aliphatic rings. The summed E-state index contributed by atoms with van der Waals surface area (Å²) in [6, 6.07) is 11.2. The van der Waals surface area contributed by atoms with Gasteiger partial charge in [-0.05, 0) is 35.2 Å². The molecule has 2 rings (SSSR count). The average Bonchev–Trinajstić information content (AvgIpc) is 2.46. The molecule has 0 saturated heterocycles. The summed E-state index contributed by atoms with van der Waals surface area (Å²) in [7, 11) is 0. The smallest absolute Gasteiger partial charge is 0.312 e. The van der Waals surface area contributed by atoms with Crippen LogP contribution in [0.15, 0.2) is 42.5 Å². The van der Waals surface area contributed by atoms with Gasteiger partial charge in [-0.3, -0.25) is 14.9 Å². The highest BCUT2D eigenvalue weighted by atomic mass is 16.6. The van der Waals surface area contributed by atoms with E-state index in [0.717, 1.165) is 11.6 Å². The second-order valence-electron chi connectivity index (χ2n) is 6.18. The molecule has 0 bridgehead atoms. The number of nitrogens with zero attached hydrogens (tertiary/aromatic N) is 1. The van der Waals surface area contributed by atoms with Gasteiger partial charge in [-0.25, -0.2) is 0 Å². The molecule has 120 valence electrons. The first-order chi connectivity index (χ1) is 10.7. The molecule has 0 atom stereocenters. The van der Waals surface area contributed by atoms with Crippen LogP contribution in [-0.2, 0) is 5.41 Å². The van der Waals surface area contributed by atoms with Gasteiger partial charge < -0.3 is 10.5 Å². The number of rotatable bonds is 4. The lowest BCUT2D eigenvalue weighted by Gasteiger charge is -2.19. The van der Waals surface area contributed by atoms with Crippen molar-refractivity contribution in [2.24, 2.45) is 5.73 Å². The Morgan fingerprint density at radius 2 is 1.74 bits per heavy atom. The van der Waals surface area contributed by atoms with Gasteiger partial charge in [-0.15, -0.1) is 0 Å². The highest BCUT2D eigenvalue weighted by Crippen LogP contribution is 2.33. The summed E-state index contributed by atoms with van der Waals surface area (Å²) in [5, 5.41) is 11.1. The van der Waals surface area contributed by atoms with Gasteiger partial charge in [0.1, 0.15) is 5.75 Å². The maximum absolute atomic E-state index is 11.1. The van der Waals surface area contributed by atoms with Crippen molar-refractivity contribution >= 4 is 11.6 Å². The summed E-state index contributed by atoms with van der Waals surface area (Å²) in [6.07, 6.45) is 0. The van der Waals surface area contributed by atoms with Gasteiger partial charge in [0.2, 0.25) is 11.7 Å². The topological polar surface area (TPSA) is 95.5 Å². The Kier molecular flexibility index (Phi) is 4.36. The molecule has 2 aromatic carbocycles. The van der Waals surface area contributed by atoms with Crippen LogP contribution in [0.25, 0.3) is 0 Å². The van der Waals surface area contributed by atoms with Gasteiger partial charge in [-0.1, -0.05) is 32.9 Å². The predicted molar refractivity (Wildman–Crippen MR) is 86.8 cm³/mol. The molecule has 0 fully saturated rings. The van der Waals surface area contributed by atoms with Gasteiger partial charge in [-0.2, -0.15) is 0 Å². The number of nitrogens with two attached hydrogens (primary N) is 1. The highest BCUT2D eigenvalue weighted by molar-refractivity contribution is 5.93. The van der Waals surface area contributed by atoms with Crippen molar-refractivity contribution in [3.8, 4) is 11.5 Å². The molecule has 0 aliphatic heterocycles. The minimum atomic E-state index is -0.728. The first kappa shape index (κ1) is 16.5. The van der Waals surface area contributed by atoms with E-state index in [9.17, 15) is 14.9 Å². The quantitative estimate of drug-likeness (QED) is 0.686. The molecule has 0 unspecified atom stereocenters. The number of amides is 1. The molecule has 0 radical (unpaired) electrons. The van der Waals surface area contributed by atoms with E-state index >= 15 is 0 Å². The number of hydrogen-bond acceptors (Lipinski definition) is 4. The molecule has 6 heteroatoms. The molecule has 0 aromatic heterocycles. The molecule has 23 heavy (non-hydrogen) atoms. The van der Waals surface area contributed by atoms with Crippen LogP contribution in [0.3, 0.4) is 0 Å². The monoisotopic (exact) mass is 314 g/mol. The van der Waals surface area contributed by atoms with E-state index in [1.807, 2.05) is 12.1 Å². The van der Waals surface area contributed by atoms with E-state index in [-0.39, 0.29) is 22.4 Å². The molecule has 2 N–H and O–H groups in total. The Hall–Kier alpha value is -2.89. The summed E-state index contributed by atoms with van der Waals surface area (Å²) < 4.78 is 5.58. The van der Waals surface area contributed by atoms with Crippen LogP contribution >= 0.6 is 0 Å². The van der Waals surface area contributed by atoms with E-state index in [0.29, 0.717) is 5.75 Å². The summed E-state index contributed by atoms with van der Waals surface area (Å²) in [4.78, 5) is 21.7. The van der Waals surface area contributed by atoms with Crippen LogP contribution in [0.4, 0.5) is 5.69 Å². The van der Waals surface area contributed by atoms with Gasteiger partial charge in [0.05, 0.1) is 4.92 Å². The lowest BCUT2D eigenvalue weighted by molar-refractivity contribution is -0.385. The maximum atomic E-state index is 11.1. The molecular weight excluding hydrogens is 296 g/mol. The van der Waals surface area contributed by atoms with Crippen LogP contribution in [0.2, 0.25) is 0 Å². The number of ether oxygens (including phenoxy) is 1. The zero-order valence-corrected chi connectivity index (χ0v) is 13.2. The van der Waals surface area contributed by atoms with Crippen molar-refractivity contribution in [2.45, 2.75) is 26.2 Å². The number of nitro benzene ring substituents is 1. The minimum Gasteiger partial charge on any atom is -0.450 e. The number of carbonyl (C=O) groups excluding carboxylic acids is 1. The summed E-state index contributed by atoms with van der Waals surface area (Å²) in [5.74, 6) is -0.189. The fourth-order valence-corrected chi connectivity index (χ4v) is 2.05. The number of hydrogen-bond donors (Lipinski definition) is 1. The lowest BCUT2D eigenvalue weighted by Crippen LogP contribution is -2.11. The summed E-state index contributed by atoms with van der Waals surface area (Å²) in [6.45, 7) is 6.28. The summed E-state index contributed by atoms with van der Waals surface area (Å²) >= 11 is 0. The van der Waals surface area contributed by atoms with Gasteiger partial charge in [0.15, 0.2) is 0 Å². The van der Waals surface area contributed by atoms with E-state index in [4.69, 9.17) is 10.5 Å². The number of nitro groups is 1. The van der Waals surface area contributed by atoms with Crippen LogP contribution in [0, 0.1) is 10.1 Å². The molecule has 0 spiro atoms. The minimum absolute atomic E-state index is 0.00760. The van der Waals surface area contributed by atoms with E-state index in [1.54, 1.807) is 12.1 Å². The van der Waals surface area contributed by atoms with E-state index in [2.05, 4.69) is 20.8 Å². The van der Waals surface area contributed by atoms with Gasteiger partial charge >= 0.3 is 5.69 Å². The Balaban J connectivity index is 2.32. The molecule has 0 aliphatic carbocycles. The number of benzene rings is 2. The number of primary amides is 1. The molecule has 0 heterocycles. The van der Waals surface area contributed by atoms with Crippen molar-refractivity contribution in [3.05, 3.63) is 63.7 Å². The Morgan fingerprint density at radius 1 is 1.13 bits per heavy atom. The van der Waals surface area contributed by atoms with Crippen molar-refractivity contribution in [1.29, 1.82) is 0 Å². The fraction of sp³-hybridized carbons (Fsp3) is 0.235. The molecule has 1 amide bonds. The summed E-state index contributed by atoms with van der Waals surface area (Å²) in [5.41, 5.74) is 6.03. The van der Waals surface area contributed by atoms with E-state index in [1.165, 1.54) is 12.1 Å². The van der Waals surface area contributed by atoms with Gasteiger partial charge in [0, 0.05) is 11.6 Å². The third-order valence-electron chi connectivity index (χ3n) is 3.39. The standard InChI is InChI=1S/C17H18N2O4/c1-17(2,3)12-5-7-13(8-6-12)23-15-9-4-11(16(18)20)10-14(15)19(21)22/h4-10H,1-3H3,(H2,18,20). The van der Waals surface area contributed by atoms with Crippen LogP contribution < -0.4 is 10.5 Å². The zero-order valence-electron chi connectivity index (χ0n) is 13.2. The van der Waals surface area contributed by atoms with Crippen molar-refractivity contribution in [1.82, 2.24) is 0 Å². The Labute approximate surface area is 134 Å². The largest absolute Gasteiger partial charge is 0.450 e. The van der Waals surface area contributed by atoms with Crippen molar-refractivity contribution in [2.75, 3.05) is 0 Å². The van der Waals surface area contributed by atoms with Gasteiger partial charge in [0.25, 0.3) is 0 Å². The Morgan fingerprint density at radius 3 is 2.22 bits per heavy atom. The normalized spacial score (nSPS) is 11.1. The highest BCUT2D eigenvalue weighted by Gasteiger charge is 2.19. The number of carbonyl (C=O) groups is 1. The van der Waals surface area contributed by atoms with Crippen molar-refractivity contribution < 1.29 is 14.5 Å². The van der Waals surface area contributed by atoms with Crippen LogP contribution in [-0.4, -0.2) is 10.8 Å². The van der Waals surface area contributed by atoms with Crippen LogP contribution in [0.5, 0.6) is 11.5 Å². The fourth-order valence-electron chi connectivity index (χ4n) is 2.05. The average molecular weight is 314 g/mol. The molecule has 0 saturated carbocycles. The molecule has 2 aromatic rings. The lowest BCUT2D eigenvalue weighted by atomic mass is 9.87. The predicted octanol–water partition coefficient (Wildman–Crippen LogP) is 3.78. The third-order valence-corrected chi connectivity index (χ3v) is 3.39. The van der Waals surface area contributed by atoms with Crippen molar-refractivity contribution in [3.63, 3.8) is 0 Å². The SMILES string of the molecule is CC(C)(C)c1ccc(Oc2ccc(C(N)=O)cc2[N+](=O)[O-])cc1. The first-order valence-electron chi connectivity index (χ1n) is 7.05. The maximum Gasteiger partial charge on any atom is 0.312 e. The second-order valence-corrected chi connectivity index (χ2v) is 6.18. The van der Waals surface area contributed by atoms with E-state index < -0.39 is 10.8 Å². The van der Waals surface area contributed by atoms with Crippen LogP contribution in [0.1, 0.15) is 36.7 Å². The third kappa shape index (κ3) is 3.85. The first-order valence-corrected chi connectivity index (χ1v) is 7.05. The molecular formula is C17H18N2O4. The second kappa shape index (κ2) is 6.08. The zero-order chi connectivity index (χ0) is 17.2. The Bertz CT molecular complexity index is 746.